The van der Waals surface area contributed by atoms with Crippen molar-refractivity contribution in [3.63, 3.8) is 0 Å². The number of carbonyl (C=O) groups is 2. The van der Waals surface area contributed by atoms with Gasteiger partial charge in [0, 0.05) is 57.5 Å². The molecule has 1 atom stereocenters. The third-order valence-corrected chi connectivity index (χ3v) is 6.41. The Bertz CT molecular complexity index is 1030. The maximum atomic E-state index is 12.7. The van der Waals surface area contributed by atoms with Crippen LogP contribution in [0.4, 0.5) is 10.5 Å². The van der Waals surface area contributed by atoms with Crippen LogP contribution in [0.3, 0.4) is 0 Å². The summed E-state index contributed by atoms with van der Waals surface area (Å²) in [5.41, 5.74) is 2.74. The maximum absolute atomic E-state index is 12.7. The number of amides is 2. The normalized spacial score (nSPS) is 19.5. The number of aryl methyl sites for hydroxylation is 1. The predicted molar refractivity (Wildman–Crippen MR) is 131 cm³/mol. The van der Waals surface area contributed by atoms with Crippen LogP contribution >= 0.6 is 0 Å². The van der Waals surface area contributed by atoms with Crippen LogP contribution in [0.25, 0.3) is 11.2 Å². The third kappa shape index (κ3) is 5.67. The summed E-state index contributed by atoms with van der Waals surface area (Å²) in [6.45, 7) is 5.96. The second kappa shape index (κ2) is 10.9. The molecule has 4 heterocycles. The Balaban J connectivity index is 1.23. The van der Waals surface area contributed by atoms with Crippen LogP contribution < -0.4 is 5.32 Å². The van der Waals surface area contributed by atoms with E-state index in [2.05, 4.69) is 22.2 Å². The second-order valence-corrected chi connectivity index (χ2v) is 9.21. The number of likely N-dealkylation sites (tertiary alicyclic amines) is 2. The average Bonchev–Trinajstić information content (AvgIpc) is 3.47. The largest absolute Gasteiger partial charge is 0.444 e. The van der Waals surface area contributed by atoms with E-state index in [1.807, 2.05) is 42.0 Å². The molecule has 0 saturated carbocycles. The van der Waals surface area contributed by atoms with Crippen LogP contribution in [0, 0.1) is 0 Å². The van der Waals surface area contributed by atoms with Crippen molar-refractivity contribution in [2.45, 2.75) is 44.9 Å². The zero-order valence-electron chi connectivity index (χ0n) is 20.3. The quantitative estimate of drug-likeness (QED) is 0.621. The van der Waals surface area contributed by atoms with Gasteiger partial charge in [-0.05, 0) is 39.9 Å². The Kier molecular flexibility index (Phi) is 7.66. The number of piperidine rings is 1. The minimum atomic E-state index is -0.283. The summed E-state index contributed by atoms with van der Waals surface area (Å²) in [4.78, 5) is 39.5. The van der Waals surface area contributed by atoms with E-state index in [9.17, 15) is 9.59 Å². The highest BCUT2D eigenvalue weighted by molar-refractivity contribution is 5.88. The van der Waals surface area contributed by atoms with Gasteiger partial charge in [0.05, 0.1) is 18.6 Å². The molecule has 0 radical (unpaired) electrons. The average molecular weight is 470 g/mol. The zero-order chi connectivity index (χ0) is 24.1. The lowest BCUT2D eigenvalue weighted by molar-refractivity contribution is -0.125. The first kappa shape index (κ1) is 24.0. The Morgan fingerprint density at radius 3 is 2.68 bits per heavy atom. The van der Waals surface area contributed by atoms with E-state index >= 15 is 0 Å². The summed E-state index contributed by atoms with van der Waals surface area (Å²) in [5.74, 6) is -0.0266. The second-order valence-electron chi connectivity index (χ2n) is 9.21. The number of likely N-dealkylation sites (N-methyl/N-ethyl adjacent to an activating group) is 1. The van der Waals surface area contributed by atoms with Crippen LogP contribution in [0.1, 0.15) is 26.2 Å². The fraction of sp³-hybridized carbons (Fsp3) is 0.583. The number of aromatic nitrogens is 3. The Hall–Kier alpha value is -3.14. The molecule has 0 unspecified atom stereocenters. The minimum Gasteiger partial charge on any atom is -0.444 e. The first-order valence-corrected chi connectivity index (χ1v) is 12.1. The van der Waals surface area contributed by atoms with E-state index in [1.54, 1.807) is 22.1 Å². The van der Waals surface area contributed by atoms with Crippen molar-refractivity contribution in [2.24, 2.45) is 0 Å². The molecule has 2 aliphatic heterocycles. The number of rotatable bonds is 7. The van der Waals surface area contributed by atoms with Crippen molar-refractivity contribution < 1.29 is 14.3 Å². The fourth-order valence-electron chi connectivity index (χ4n) is 4.45. The number of pyridine rings is 1. The first-order chi connectivity index (χ1) is 16.4. The predicted octanol–water partition coefficient (Wildman–Crippen LogP) is 2.18. The van der Waals surface area contributed by atoms with Gasteiger partial charge in [-0.15, -0.1) is 0 Å². The van der Waals surface area contributed by atoms with Crippen molar-refractivity contribution in [2.75, 3.05) is 52.1 Å². The molecule has 2 aromatic heterocycles. The molecular weight excluding hydrogens is 434 g/mol. The van der Waals surface area contributed by atoms with Crippen LogP contribution in [-0.4, -0.2) is 100 Å². The van der Waals surface area contributed by atoms with Crippen molar-refractivity contribution in [3.05, 3.63) is 30.7 Å². The van der Waals surface area contributed by atoms with Crippen molar-refractivity contribution >= 4 is 28.9 Å². The summed E-state index contributed by atoms with van der Waals surface area (Å²) in [5, 5.41) is 3.59. The number of imidazole rings is 1. The number of nitrogens with zero attached hydrogens (tertiary/aromatic N) is 6. The molecule has 1 N–H and O–H groups in total. The molecule has 0 aromatic carbocycles. The maximum Gasteiger partial charge on any atom is 0.410 e. The lowest BCUT2D eigenvalue weighted by Crippen LogP contribution is -2.44. The molecule has 2 aromatic rings. The molecule has 184 valence electrons. The van der Waals surface area contributed by atoms with E-state index in [4.69, 9.17) is 4.74 Å². The molecule has 2 fully saturated rings. The molecule has 0 bridgehead atoms. The van der Waals surface area contributed by atoms with Crippen LogP contribution in [-0.2, 0) is 16.1 Å². The lowest BCUT2D eigenvalue weighted by atomic mass is 10.1. The summed E-state index contributed by atoms with van der Waals surface area (Å²) in [6.07, 6.45) is 8.90. The van der Waals surface area contributed by atoms with Gasteiger partial charge in [0.2, 0.25) is 5.91 Å². The summed E-state index contributed by atoms with van der Waals surface area (Å²) in [6, 6.07) is 2.22. The van der Waals surface area contributed by atoms with Gasteiger partial charge < -0.3 is 29.3 Å². The van der Waals surface area contributed by atoms with Crippen molar-refractivity contribution in [3.8, 4) is 0 Å². The van der Waals surface area contributed by atoms with E-state index < -0.39 is 0 Å². The van der Waals surface area contributed by atoms with Gasteiger partial charge in [-0.3, -0.25) is 4.79 Å². The fourth-order valence-corrected chi connectivity index (χ4v) is 4.45. The first-order valence-electron chi connectivity index (χ1n) is 12.1. The van der Waals surface area contributed by atoms with Gasteiger partial charge >= 0.3 is 6.09 Å². The molecule has 4 rings (SSSR count). The molecule has 2 aliphatic rings. The van der Waals surface area contributed by atoms with E-state index in [1.165, 1.54) is 0 Å². The van der Waals surface area contributed by atoms with E-state index in [0.29, 0.717) is 32.6 Å². The Morgan fingerprint density at radius 1 is 1.18 bits per heavy atom. The van der Waals surface area contributed by atoms with Gasteiger partial charge in [0.15, 0.2) is 5.65 Å². The topological polar surface area (TPSA) is 95.8 Å². The number of carbonyl (C=O) groups excluding carboxylic acids is 2. The van der Waals surface area contributed by atoms with Gasteiger partial charge in [0.25, 0.3) is 0 Å². The molecule has 10 heteroatoms. The SMILES string of the molecule is CCn1cnc2c(NC3CCN(C(=O)O[C@@H]4CCN(C(=O)/C=C/CN(C)C)C4)CC3)ccnc21. The number of hydrogen-bond acceptors (Lipinski definition) is 7. The van der Waals surface area contributed by atoms with E-state index in [0.717, 1.165) is 42.8 Å². The standard InChI is InChI=1S/C24H35N7O3/c1-4-29-17-26-22-20(7-11-25-23(22)29)27-18-8-13-30(14-9-18)24(33)34-19-10-15-31(16-19)21(32)6-5-12-28(2)3/h5-7,11,17-19H,4,8-10,12-16H2,1-3H3,(H,25,27)/b6-5+/t19-/m1/s1. The highest BCUT2D eigenvalue weighted by Crippen LogP contribution is 2.24. The Labute approximate surface area is 200 Å². The molecule has 2 amide bonds. The molecule has 2 saturated heterocycles. The van der Waals surface area contributed by atoms with Crippen molar-refractivity contribution in [1.82, 2.24) is 29.2 Å². The van der Waals surface area contributed by atoms with Crippen LogP contribution in [0.2, 0.25) is 0 Å². The lowest BCUT2D eigenvalue weighted by Gasteiger charge is -2.32. The van der Waals surface area contributed by atoms with Crippen LogP contribution in [0.15, 0.2) is 30.7 Å². The summed E-state index contributed by atoms with van der Waals surface area (Å²) >= 11 is 0. The smallest absolute Gasteiger partial charge is 0.410 e. The van der Waals surface area contributed by atoms with Gasteiger partial charge in [-0.2, -0.15) is 0 Å². The number of anilines is 1. The van der Waals surface area contributed by atoms with Gasteiger partial charge in [-0.25, -0.2) is 14.8 Å². The molecule has 0 aliphatic carbocycles. The third-order valence-electron chi connectivity index (χ3n) is 6.41. The van der Waals surface area contributed by atoms with Crippen LogP contribution in [0.5, 0.6) is 0 Å². The number of nitrogens with one attached hydrogen (secondary N) is 1. The number of ether oxygens (including phenoxy) is 1. The molecular formula is C24H35N7O3. The highest BCUT2D eigenvalue weighted by Gasteiger charge is 2.31. The Morgan fingerprint density at radius 2 is 1.94 bits per heavy atom. The monoisotopic (exact) mass is 469 g/mol. The zero-order valence-corrected chi connectivity index (χ0v) is 20.3. The minimum absolute atomic E-state index is 0.0266. The van der Waals surface area contributed by atoms with Gasteiger partial charge in [0.1, 0.15) is 11.6 Å². The van der Waals surface area contributed by atoms with Crippen molar-refractivity contribution in [1.29, 1.82) is 0 Å². The molecule has 34 heavy (non-hydrogen) atoms. The molecule has 0 spiro atoms. The highest BCUT2D eigenvalue weighted by atomic mass is 16.6. The summed E-state index contributed by atoms with van der Waals surface area (Å²) < 4.78 is 7.74. The van der Waals surface area contributed by atoms with E-state index in [-0.39, 0.29) is 24.1 Å². The number of hydrogen-bond donors (Lipinski definition) is 1. The molecule has 10 nitrogen and oxygen atoms in total. The number of fused-ring (bicyclic) bond motifs is 1. The summed E-state index contributed by atoms with van der Waals surface area (Å²) in [7, 11) is 3.91. The van der Waals surface area contributed by atoms with Gasteiger partial charge in [-0.1, -0.05) is 6.08 Å².